The van der Waals surface area contributed by atoms with Crippen molar-refractivity contribution in [1.29, 1.82) is 0 Å². The fraction of sp³-hybridized carbons (Fsp3) is 0.333. The second-order valence-electron chi connectivity index (χ2n) is 6.00. The van der Waals surface area contributed by atoms with E-state index in [4.69, 9.17) is 11.6 Å². The number of amides is 1. The van der Waals surface area contributed by atoms with Crippen molar-refractivity contribution in [1.82, 2.24) is 15.2 Å². The number of pyridine rings is 1. The van der Waals surface area contributed by atoms with Crippen LogP contribution >= 0.6 is 11.6 Å². The average Bonchev–Trinajstić information content (AvgIpc) is 3.35. The van der Waals surface area contributed by atoms with Crippen molar-refractivity contribution in [3.8, 4) is 0 Å². The van der Waals surface area contributed by atoms with Crippen molar-refractivity contribution in [3.63, 3.8) is 0 Å². The third-order valence-corrected chi connectivity index (χ3v) is 4.17. The zero-order valence-corrected chi connectivity index (χ0v) is 13.8. The summed E-state index contributed by atoms with van der Waals surface area (Å²) in [5.41, 5.74) is 2.02. The van der Waals surface area contributed by atoms with Gasteiger partial charge in [-0.15, -0.1) is 0 Å². The third-order valence-electron chi connectivity index (χ3n) is 3.95. The van der Waals surface area contributed by atoms with Crippen LogP contribution in [0.2, 0.25) is 5.15 Å². The summed E-state index contributed by atoms with van der Waals surface area (Å²) in [4.78, 5) is 18.8. The average molecular weight is 330 g/mol. The number of nitrogens with zero attached hydrogens (tertiary/aromatic N) is 2. The van der Waals surface area contributed by atoms with Gasteiger partial charge in [0, 0.05) is 18.8 Å². The molecule has 1 aromatic carbocycles. The van der Waals surface area contributed by atoms with E-state index in [9.17, 15) is 4.79 Å². The van der Waals surface area contributed by atoms with Crippen LogP contribution in [0.15, 0.2) is 48.7 Å². The minimum absolute atomic E-state index is 0.0584. The van der Waals surface area contributed by atoms with E-state index >= 15 is 0 Å². The molecule has 4 nitrogen and oxygen atoms in total. The predicted octanol–water partition coefficient (Wildman–Crippen LogP) is 3.19. The van der Waals surface area contributed by atoms with Gasteiger partial charge < -0.3 is 5.32 Å². The highest BCUT2D eigenvalue weighted by atomic mass is 35.5. The molecule has 23 heavy (non-hydrogen) atoms. The van der Waals surface area contributed by atoms with E-state index in [1.54, 1.807) is 12.3 Å². The fourth-order valence-corrected chi connectivity index (χ4v) is 2.74. The lowest BCUT2D eigenvalue weighted by atomic mass is 10.0. The Morgan fingerprint density at radius 2 is 2.04 bits per heavy atom. The quantitative estimate of drug-likeness (QED) is 0.828. The molecule has 0 spiro atoms. The Morgan fingerprint density at radius 3 is 2.65 bits per heavy atom. The van der Waals surface area contributed by atoms with Crippen molar-refractivity contribution in [2.75, 3.05) is 7.05 Å². The Labute approximate surface area is 141 Å². The number of hydrogen-bond donors (Lipinski definition) is 1. The van der Waals surface area contributed by atoms with Crippen LogP contribution in [0, 0.1) is 0 Å². The first-order valence-electron chi connectivity index (χ1n) is 7.79. The fourth-order valence-electron chi connectivity index (χ4n) is 2.63. The van der Waals surface area contributed by atoms with E-state index in [0.29, 0.717) is 17.7 Å². The lowest BCUT2D eigenvalue weighted by Gasteiger charge is -2.27. The normalized spacial score (nSPS) is 15.4. The Hall–Kier alpha value is -1.91. The van der Waals surface area contributed by atoms with E-state index in [2.05, 4.69) is 10.3 Å². The summed E-state index contributed by atoms with van der Waals surface area (Å²) >= 11 is 5.83. The molecule has 3 rings (SSSR count). The number of aromatic nitrogens is 1. The number of hydrogen-bond acceptors (Lipinski definition) is 3. The van der Waals surface area contributed by atoms with E-state index in [0.717, 1.165) is 24.0 Å². The highest BCUT2D eigenvalue weighted by Crippen LogP contribution is 2.25. The van der Waals surface area contributed by atoms with Gasteiger partial charge in [-0.3, -0.25) is 9.69 Å². The van der Waals surface area contributed by atoms with Crippen molar-refractivity contribution >= 4 is 17.5 Å². The molecule has 0 bridgehead atoms. The van der Waals surface area contributed by atoms with Crippen LogP contribution in [0.3, 0.4) is 0 Å². The zero-order valence-electron chi connectivity index (χ0n) is 13.1. The molecular formula is C18H20ClN3O. The van der Waals surface area contributed by atoms with Gasteiger partial charge in [-0.25, -0.2) is 4.98 Å². The maximum atomic E-state index is 12.7. The number of carbonyl (C=O) groups excluding carboxylic acids is 1. The van der Waals surface area contributed by atoms with Gasteiger partial charge in [-0.2, -0.15) is 0 Å². The summed E-state index contributed by atoms with van der Waals surface area (Å²) in [5.74, 6) is 0.0584. The molecule has 1 aliphatic rings. The Balaban J connectivity index is 1.78. The zero-order chi connectivity index (χ0) is 16.2. The molecule has 1 aromatic heterocycles. The van der Waals surface area contributed by atoms with Crippen LogP contribution in [0.4, 0.5) is 0 Å². The van der Waals surface area contributed by atoms with Gasteiger partial charge in [0.25, 0.3) is 0 Å². The number of likely N-dealkylation sites (N-methyl/N-ethyl adjacent to an activating group) is 1. The molecule has 0 aliphatic heterocycles. The molecule has 0 radical (unpaired) electrons. The number of nitrogens with one attached hydrogen (secondary N) is 1. The van der Waals surface area contributed by atoms with Gasteiger partial charge in [0.05, 0.1) is 0 Å². The minimum atomic E-state index is -0.313. The Kier molecular flexibility index (Phi) is 4.94. The number of halogens is 1. The first-order valence-corrected chi connectivity index (χ1v) is 8.17. The number of carbonyl (C=O) groups is 1. The SMILES string of the molecule is CN(Cc1ccc(Cl)nc1)C(C(=O)NC1CC1)c1ccccc1. The molecule has 1 aliphatic carbocycles. The van der Waals surface area contributed by atoms with Crippen LogP contribution in [0.1, 0.15) is 30.0 Å². The summed E-state index contributed by atoms with van der Waals surface area (Å²) in [7, 11) is 1.96. The number of rotatable bonds is 6. The predicted molar refractivity (Wildman–Crippen MR) is 91.1 cm³/mol. The van der Waals surface area contributed by atoms with Crippen LogP contribution < -0.4 is 5.32 Å². The van der Waals surface area contributed by atoms with Crippen LogP contribution in [0.5, 0.6) is 0 Å². The molecule has 5 heteroatoms. The van der Waals surface area contributed by atoms with Gasteiger partial charge in [0.1, 0.15) is 11.2 Å². The molecule has 1 N–H and O–H groups in total. The first-order chi connectivity index (χ1) is 11.1. The largest absolute Gasteiger partial charge is 0.352 e. The Bertz CT molecular complexity index is 656. The topological polar surface area (TPSA) is 45.2 Å². The van der Waals surface area contributed by atoms with Crippen molar-refractivity contribution in [3.05, 3.63) is 64.9 Å². The van der Waals surface area contributed by atoms with E-state index in [-0.39, 0.29) is 11.9 Å². The van der Waals surface area contributed by atoms with Crippen molar-refractivity contribution in [2.45, 2.75) is 31.5 Å². The van der Waals surface area contributed by atoms with Gasteiger partial charge in [0.2, 0.25) is 5.91 Å². The molecule has 120 valence electrons. The van der Waals surface area contributed by atoms with Gasteiger partial charge in [0.15, 0.2) is 0 Å². The summed E-state index contributed by atoms with van der Waals surface area (Å²) < 4.78 is 0. The van der Waals surface area contributed by atoms with Crippen LogP contribution in [0.25, 0.3) is 0 Å². The van der Waals surface area contributed by atoms with Gasteiger partial charge >= 0.3 is 0 Å². The summed E-state index contributed by atoms with van der Waals surface area (Å²) in [6.45, 7) is 0.627. The highest BCUT2D eigenvalue weighted by molar-refractivity contribution is 6.29. The summed E-state index contributed by atoms with van der Waals surface area (Å²) in [6.07, 6.45) is 3.91. The van der Waals surface area contributed by atoms with Crippen LogP contribution in [-0.2, 0) is 11.3 Å². The standard InChI is InChI=1S/C18H20ClN3O/c1-22(12-13-7-10-16(19)20-11-13)17(14-5-3-2-4-6-14)18(23)21-15-8-9-15/h2-7,10-11,15,17H,8-9,12H2,1H3,(H,21,23). The molecule has 1 fully saturated rings. The second kappa shape index (κ2) is 7.11. The molecule has 1 amide bonds. The smallest absolute Gasteiger partial charge is 0.242 e. The summed E-state index contributed by atoms with van der Waals surface area (Å²) in [6, 6.07) is 13.6. The molecule has 0 saturated heterocycles. The summed E-state index contributed by atoms with van der Waals surface area (Å²) in [5, 5.41) is 3.59. The van der Waals surface area contributed by atoms with Crippen molar-refractivity contribution in [2.24, 2.45) is 0 Å². The lowest BCUT2D eigenvalue weighted by Crippen LogP contribution is -2.39. The molecular weight excluding hydrogens is 310 g/mol. The number of benzene rings is 1. The van der Waals surface area contributed by atoms with Gasteiger partial charge in [-0.1, -0.05) is 48.0 Å². The molecule has 1 unspecified atom stereocenters. The molecule has 1 saturated carbocycles. The van der Waals surface area contributed by atoms with Gasteiger partial charge in [-0.05, 0) is 37.1 Å². The molecule has 2 aromatic rings. The molecule has 1 atom stereocenters. The van der Waals surface area contributed by atoms with Crippen molar-refractivity contribution < 1.29 is 4.79 Å². The second-order valence-corrected chi connectivity index (χ2v) is 6.39. The monoisotopic (exact) mass is 329 g/mol. The highest BCUT2D eigenvalue weighted by Gasteiger charge is 2.30. The maximum absolute atomic E-state index is 12.7. The van der Waals surface area contributed by atoms with E-state index in [1.165, 1.54) is 0 Å². The lowest BCUT2D eigenvalue weighted by molar-refractivity contribution is -0.126. The Morgan fingerprint density at radius 1 is 1.30 bits per heavy atom. The third kappa shape index (κ3) is 4.30. The molecule has 1 heterocycles. The first kappa shape index (κ1) is 16.0. The van der Waals surface area contributed by atoms with E-state index < -0.39 is 0 Å². The maximum Gasteiger partial charge on any atom is 0.242 e. The minimum Gasteiger partial charge on any atom is -0.352 e. The van der Waals surface area contributed by atoms with Crippen LogP contribution in [-0.4, -0.2) is 28.9 Å². The van der Waals surface area contributed by atoms with E-state index in [1.807, 2.05) is 48.3 Å².